The first-order valence-electron chi connectivity index (χ1n) is 11.7. The Balaban J connectivity index is 1.21. The molecular formula is C26H28N2O6. The van der Waals surface area contributed by atoms with Gasteiger partial charge in [0.15, 0.2) is 6.10 Å². The summed E-state index contributed by atoms with van der Waals surface area (Å²) >= 11 is 0. The number of benzene rings is 2. The second-order valence-corrected chi connectivity index (χ2v) is 9.32. The lowest BCUT2D eigenvalue weighted by atomic mass is 9.98. The first kappa shape index (κ1) is 22.4. The molecule has 2 fully saturated rings. The molecule has 1 aliphatic carbocycles. The van der Waals surface area contributed by atoms with E-state index in [1.54, 1.807) is 0 Å². The maximum atomic E-state index is 13.0. The van der Waals surface area contributed by atoms with Gasteiger partial charge in [-0.05, 0) is 34.6 Å². The fourth-order valence-electron chi connectivity index (χ4n) is 5.42. The standard InChI is InChI=1S/C26H28N2O6/c1-15-12-28(13-20(15)25(30)31)24(29)23-22(10-11-33-23)27-26(32)34-14-21-18-8-4-2-6-16(18)17-7-3-5-9-19(17)21/h2-9,15,20-23H,10-14H2,1H3,(H,27,32)(H,30,31)/t15-,20-,22-,23+/m1/s1. The Bertz CT molecular complexity index is 1070. The summed E-state index contributed by atoms with van der Waals surface area (Å²) in [7, 11) is 0. The molecule has 2 aliphatic heterocycles. The number of ether oxygens (including phenoxy) is 2. The van der Waals surface area contributed by atoms with Crippen LogP contribution in [0.2, 0.25) is 0 Å². The molecule has 5 rings (SSSR count). The number of alkyl carbamates (subject to hydrolysis) is 1. The van der Waals surface area contributed by atoms with Gasteiger partial charge in [-0.25, -0.2) is 4.79 Å². The number of rotatable bonds is 5. The summed E-state index contributed by atoms with van der Waals surface area (Å²) in [4.78, 5) is 38.6. The number of carbonyl (C=O) groups is 3. The summed E-state index contributed by atoms with van der Waals surface area (Å²) in [5, 5.41) is 12.1. The van der Waals surface area contributed by atoms with Crippen LogP contribution in [-0.4, -0.2) is 66.4 Å². The highest BCUT2D eigenvalue weighted by molar-refractivity contribution is 5.84. The number of carboxylic acid groups (broad SMARTS) is 1. The van der Waals surface area contributed by atoms with Gasteiger partial charge in [-0.3, -0.25) is 9.59 Å². The van der Waals surface area contributed by atoms with E-state index in [0.717, 1.165) is 22.3 Å². The Morgan fingerprint density at radius 1 is 1.06 bits per heavy atom. The van der Waals surface area contributed by atoms with Gasteiger partial charge in [-0.15, -0.1) is 0 Å². The maximum Gasteiger partial charge on any atom is 0.407 e. The third-order valence-corrected chi connectivity index (χ3v) is 7.22. The zero-order valence-electron chi connectivity index (χ0n) is 19.0. The SMILES string of the molecule is C[C@@H]1CN(C(=O)[C@H]2OCC[C@H]2NC(=O)OCC2c3ccccc3-c3ccccc32)C[C@H]1C(=O)O. The van der Waals surface area contributed by atoms with Crippen molar-refractivity contribution in [1.29, 1.82) is 0 Å². The summed E-state index contributed by atoms with van der Waals surface area (Å²) < 4.78 is 11.2. The summed E-state index contributed by atoms with van der Waals surface area (Å²) in [5.74, 6) is -1.94. The highest BCUT2D eigenvalue weighted by Gasteiger charge is 2.43. The Hall–Kier alpha value is -3.39. The number of hydrogen-bond acceptors (Lipinski definition) is 5. The van der Waals surface area contributed by atoms with Crippen LogP contribution in [-0.2, 0) is 19.1 Å². The van der Waals surface area contributed by atoms with Crippen molar-refractivity contribution < 1.29 is 29.0 Å². The minimum atomic E-state index is -0.900. The second kappa shape index (κ2) is 9.10. The number of aliphatic carboxylic acids is 1. The van der Waals surface area contributed by atoms with Crippen LogP contribution in [0.25, 0.3) is 11.1 Å². The minimum Gasteiger partial charge on any atom is -0.481 e. The van der Waals surface area contributed by atoms with Crippen molar-refractivity contribution in [1.82, 2.24) is 10.2 Å². The monoisotopic (exact) mass is 464 g/mol. The van der Waals surface area contributed by atoms with E-state index in [1.165, 1.54) is 4.90 Å². The molecule has 2 amide bonds. The molecule has 0 aromatic heterocycles. The van der Waals surface area contributed by atoms with Gasteiger partial charge < -0.3 is 24.8 Å². The molecule has 4 atom stereocenters. The van der Waals surface area contributed by atoms with E-state index >= 15 is 0 Å². The largest absolute Gasteiger partial charge is 0.481 e. The highest BCUT2D eigenvalue weighted by Crippen LogP contribution is 2.44. The predicted molar refractivity (Wildman–Crippen MR) is 123 cm³/mol. The zero-order valence-corrected chi connectivity index (χ0v) is 19.0. The normalized spacial score (nSPS) is 25.6. The number of nitrogens with zero attached hydrogens (tertiary/aromatic N) is 1. The van der Waals surface area contributed by atoms with Crippen molar-refractivity contribution in [3.8, 4) is 11.1 Å². The topological polar surface area (TPSA) is 105 Å². The molecule has 0 spiro atoms. The van der Waals surface area contributed by atoms with Gasteiger partial charge in [-0.2, -0.15) is 0 Å². The van der Waals surface area contributed by atoms with E-state index in [-0.39, 0.29) is 30.9 Å². The van der Waals surface area contributed by atoms with Crippen LogP contribution in [0.15, 0.2) is 48.5 Å². The van der Waals surface area contributed by atoms with Crippen LogP contribution in [0, 0.1) is 11.8 Å². The van der Waals surface area contributed by atoms with E-state index in [0.29, 0.717) is 19.6 Å². The molecule has 2 saturated heterocycles. The Morgan fingerprint density at radius 2 is 1.71 bits per heavy atom. The van der Waals surface area contributed by atoms with Crippen molar-refractivity contribution in [2.45, 2.75) is 31.4 Å². The van der Waals surface area contributed by atoms with E-state index in [1.807, 2.05) is 31.2 Å². The maximum absolute atomic E-state index is 13.0. The molecule has 3 aliphatic rings. The van der Waals surface area contributed by atoms with Gasteiger partial charge in [0.05, 0.1) is 12.0 Å². The lowest BCUT2D eigenvalue weighted by Gasteiger charge is -2.24. The second-order valence-electron chi connectivity index (χ2n) is 9.32. The molecular weight excluding hydrogens is 436 g/mol. The first-order chi connectivity index (χ1) is 16.4. The Labute approximate surface area is 197 Å². The van der Waals surface area contributed by atoms with Gasteiger partial charge in [-0.1, -0.05) is 55.5 Å². The number of nitrogens with one attached hydrogen (secondary N) is 1. The number of amides is 2. The van der Waals surface area contributed by atoms with Gasteiger partial charge in [0.2, 0.25) is 0 Å². The average molecular weight is 465 g/mol. The molecule has 8 nitrogen and oxygen atoms in total. The van der Waals surface area contributed by atoms with Crippen LogP contribution < -0.4 is 5.32 Å². The Morgan fingerprint density at radius 3 is 2.32 bits per heavy atom. The molecule has 2 aromatic rings. The summed E-state index contributed by atoms with van der Waals surface area (Å²) in [6.07, 6.45) is -0.930. The third kappa shape index (κ3) is 4.03. The van der Waals surface area contributed by atoms with Crippen LogP contribution in [0.3, 0.4) is 0 Å². The van der Waals surface area contributed by atoms with E-state index < -0.39 is 30.1 Å². The Kier molecular flexibility index (Phi) is 6.00. The quantitative estimate of drug-likeness (QED) is 0.705. The molecule has 2 heterocycles. The number of hydrogen-bond donors (Lipinski definition) is 2. The average Bonchev–Trinajstić information content (AvgIpc) is 3.53. The molecule has 178 valence electrons. The predicted octanol–water partition coefficient (Wildman–Crippen LogP) is 2.86. The van der Waals surface area contributed by atoms with E-state index in [4.69, 9.17) is 9.47 Å². The molecule has 0 bridgehead atoms. The third-order valence-electron chi connectivity index (χ3n) is 7.22. The molecule has 2 aromatic carbocycles. The molecule has 0 saturated carbocycles. The van der Waals surface area contributed by atoms with Gasteiger partial charge >= 0.3 is 12.1 Å². The highest BCUT2D eigenvalue weighted by atomic mass is 16.6. The number of carboxylic acids is 1. The molecule has 2 N–H and O–H groups in total. The molecule has 0 unspecified atom stereocenters. The van der Waals surface area contributed by atoms with Crippen LogP contribution in [0.1, 0.15) is 30.4 Å². The fraction of sp³-hybridized carbons (Fsp3) is 0.423. The summed E-state index contributed by atoms with van der Waals surface area (Å²) in [5.41, 5.74) is 4.57. The number of carbonyl (C=O) groups excluding carboxylic acids is 2. The summed E-state index contributed by atoms with van der Waals surface area (Å²) in [6, 6.07) is 15.7. The van der Waals surface area contributed by atoms with Crippen molar-refractivity contribution in [2.75, 3.05) is 26.3 Å². The number of likely N-dealkylation sites (tertiary alicyclic amines) is 1. The zero-order chi connectivity index (χ0) is 23.8. The van der Waals surface area contributed by atoms with Crippen molar-refractivity contribution in [2.24, 2.45) is 11.8 Å². The lowest BCUT2D eigenvalue weighted by molar-refractivity contribution is -0.143. The molecule has 34 heavy (non-hydrogen) atoms. The van der Waals surface area contributed by atoms with Crippen molar-refractivity contribution in [3.63, 3.8) is 0 Å². The van der Waals surface area contributed by atoms with Gasteiger partial charge in [0.25, 0.3) is 5.91 Å². The fourth-order valence-corrected chi connectivity index (χ4v) is 5.42. The molecule has 0 radical (unpaired) electrons. The van der Waals surface area contributed by atoms with Crippen LogP contribution in [0.5, 0.6) is 0 Å². The van der Waals surface area contributed by atoms with Crippen molar-refractivity contribution >= 4 is 18.0 Å². The smallest absolute Gasteiger partial charge is 0.407 e. The van der Waals surface area contributed by atoms with Crippen molar-refractivity contribution in [3.05, 3.63) is 59.7 Å². The minimum absolute atomic E-state index is 0.0468. The number of fused-ring (bicyclic) bond motifs is 3. The van der Waals surface area contributed by atoms with Crippen LogP contribution >= 0.6 is 0 Å². The first-order valence-corrected chi connectivity index (χ1v) is 11.7. The van der Waals surface area contributed by atoms with Gasteiger partial charge in [0, 0.05) is 25.6 Å². The summed E-state index contributed by atoms with van der Waals surface area (Å²) in [6.45, 7) is 2.89. The van der Waals surface area contributed by atoms with E-state index in [2.05, 4.69) is 29.6 Å². The lowest BCUT2D eigenvalue weighted by Crippen LogP contribution is -2.49. The molecule has 8 heteroatoms. The van der Waals surface area contributed by atoms with Gasteiger partial charge in [0.1, 0.15) is 6.61 Å². The van der Waals surface area contributed by atoms with E-state index in [9.17, 15) is 19.5 Å². The van der Waals surface area contributed by atoms with Crippen LogP contribution in [0.4, 0.5) is 4.79 Å².